The van der Waals surface area contributed by atoms with Gasteiger partial charge in [0.15, 0.2) is 6.61 Å². The van der Waals surface area contributed by atoms with Crippen molar-refractivity contribution in [3.8, 4) is 11.8 Å². The Morgan fingerprint density at radius 1 is 1.42 bits per heavy atom. The number of nitrogens with zero attached hydrogens (tertiary/aromatic N) is 2. The highest BCUT2D eigenvalue weighted by molar-refractivity contribution is 9.10. The van der Waals surface area contributed by atoms with Crippen LogP contribution in [0.15, 0.2) is 46.0 Å². The number of nitrogens with one attached hydrogen (secondary N) is 1. The molecular formula is C17H13BrClN3O2. The van der Waals surface area contributed by atoms with Gasteiger partial charge in [0.2, 0.25) is 0 Å². The molecule has 0 aliphatic carbocycles. The molecule has 1 N–H and O–H groups in total. The second kappa shape index (κ2) is 8.48. The average molecular weight is 407 g/mol. The summed E-state index contributed by atoms with van der Waals surface area (Å²) in [7, 11) is 0. The van der Waals surface area contributed by atoms with E-state index in [9.17, 15) is 4.79 Å². The number of amides is 1. The molecule has 122 valence electrons. The van der Waals surface area contributed by atoms with Crippen molar-refractivity contribution >= 4 is 39.7 Å². The van der Waals surface area contributed by atoms with Crippen LogP contribution < -0.4 is 10.2 Å². The lowest BCUT2D eigenvalue weighted by atomic mass is 10.1. The van der Waals surface area contributed by atoms with Crippen molar-refractivity contribution in [1.29, 1.82) is 5.26 Å². The van der Waals surface area contributed by atoms with Crippen LogP contribution in [-0.2, 0) is 0 Å². The Hall–Kier alpha value is -2.36. The molecule has 0 radical (unpaired) electrons. The van der Waals surface area contributed by atoms with Crippen molar-refractivity contribution in [3.05, 3.63) is 62.6 Å². The van der Waals surface area contributed by atoms with Crippen LogP contribution in [0.4, 0.5) is 0 Å². The summed E-state index contributed by atoms with van der Waals surface area (Å²) in [6.07, 6.45) is 1.45. The molecule has 0 aliphatic rings. The molecule has 2 rings (SSSR count). The molecule has 0 heterocycles. The van der Waals surface area contributed by atoms with Crippen molar-refractivity contribution in [2.75, 3.05) is 6.61 Å². The predicted octanol–water partition coefficient (Wildman–Crippen LogP) is 4.08. The molecule has 1 amide bonds. The van der Waals surface area contributed by atoms with Gasteiger partial charge < -0.3 is 4.74 Å². The summed E-state index contributed by atoms with van der Waals surface area (Å²) in [4.78, 5) is 12.1. The molecule has 7 heteroatoms. The first-order valence-electron chi connectivity index (χ1n) is 6.90. The Kier molecular flexibility index (Phi) is 6.36. The maximum Gasteiger partial charge on any atom is 0.271 e. The third-order valence-electron chi connectivity index (χ3n) is 3.07. The third kappa shape index (κ3) is 4.82. The number of hydrogen-bond acceptors (Lipinski definition) is 4. The maximum atomic E-state index is 12.1. The van der Waals surface area contributed by atoms with Crippen molar-refractivity contribution < 1.29 is 9.53 Å². The van der Waals surface area contributed by atoms with Crippen molar-refractivity contribution in [2.24, 2.45) is 5.10 Å². The van der Waals surface area contributed by atoms with Gasteiger partial charge in [0.1, 0.15) is 11.8 Å². The summed E-state index contributed by atoms with van der Waals surface area (Å²) in [6.45, 7) is 1.79. The molecule has 0 fully saturated rings. The summed E-state index contributed by atoms with van der Waals surface area (Å²) in [6, 6.07) is 12.2. The Morgan fingerprint density at radius 3 is 2.92 bits per heavy atom. The first-order chi connectivity index (χ1) is 11.5. The number of rotatable bonds is 5. The first-order valence-corrected chi connectivity index (χ1v) is 8.07. The fraction of sp³-hybridized carbons (Fsp3) is 0.118. The maximum absolute atomic E-state index is 12.1. The lowest BCUT2D eigenvalue weighted by Gasteiger charge is -2.06. The van der Waals surface area contributed by atoms with E-state index < -0.39 is 0 Å². The molecule has 24 heavy (non-hydrogen) atoms. The van der Waals surface area contributed by atoms with Crippen LogP contribution in [0.25, 0.3) is 0 Å². The Morgan fingerprint density at radius 2 is 2.21 bits per heavy atom. The molecule has 0 aliphatic heterocycles. The molecule has 5 nitrogen and oxygen atoms in total. The van der Waals surface area contributed by atoms with Gasteiger partial charge in [-0.25, -0.2) is 5.43 Å². The van der Waals surface area contributed by atoms with E-state index in [1.165, 1.54) is 6.21 Å². The van der Waals surface area contributed by atoms with E-state index >= 15 is 0 Å². The van der Waals surface area contributed by atoms with Crippen LogP contribution in [0.2, 0.25) is 5.02 Å². The zero-order chi connectivity index (χ0) is 17.5. The highest BCUT2D eigenvalue weighted by Gasteiger charge is 2.07. The van der Waals surface area contributed by atoms with Gasteiger partial charge in [-0.3, -0.25) is 4.79 Å². The van der Waals surface area contributed by atoms with Gasteiger partial charge in [0.05, 0.1) is 6.21 Å². The van der Waals surface area contributed by atoms with Gasteiger partial charge in [0, 0.05) is 20.6 Å². The minimum absolute atomic E-state index is 0.0727. The van der Waals surface area contributed by atoms with Crippen LogP contribution >= 0.6 is 27.5 Å². The number of carbonyl (C=O) groups excluding carboxylic acids is 1. The van der Waals surface area contributed by atoms with Crippen LogP contribution in [0.3, 0.4) is 0 Å². The minimum atomic E-state index is -0.373. The standard InChI is InChI=1S/C17H13BrClN3O2/c1-11-2-3-12(9-15(11)19)17(23)22-21-10-13-8-14(18)4-5-16(13)24-7-6-20/h2-5,8-10H,7H2,1H3,(H,22,23)/b21-10-. The second-order valence-corrected chi connectivity index (χ2v) is 6.11. The van der Waals surface area contributed by atoms with E-state index in [0.717, 1.165) is 10.0 Å². The van der Waals surface area contributed by atoms with Gasteiger partial charge in [-0.1, -0.05) is 33.6 Å². The molecule has 0 saturated carbocycles. The van der Waals surface area contributed by atoms with Crippen molar-refractivity contribution in [1.82, 2.24) is 5.43 Å². The van der Waals surface area contributed by atoms with E-state index in [-0.39, 0.29) is 12.5 Å². The lowest BCUT2D eigenvalue weighted by Crippen LogP contribution is -2.17. The van der Waals surface area contributed by atoms with Gasteiger partial charge in [0.25, 0.3) is 5.91 Å². The van der Waals surface area contributed by atoms with E-state index in [2.05, 4.69) is 26.5 Å². The van der Waals surface area contributed by atoms with E-state index in [4.69, 9.17) is 21.6 Å². The number of carbonyl (C=O) groups is 1. The van der Waals surface area contributed by atoms with E-state index in [1.54, 1.807) is 36.4 Å². The highest BCUT2D eigenvalue weighted by Crippen LogP contribution is 2.21. The minimum Gasteiger partial charge on any atom is -0.478 e. The molecule has 0 saturated heterocycles. The summed E-state index contributed by atoms with van der Waals surface area (Å²) < 4.78 is 6.13. The van der Waals surface area contributed by atoms with Crippen LogP contribution in [-0.4, -0.2) is 18.7 Å². The average Bonchev–Trinajstić information content (AvgIpc) is 2.56. The number of benzene rings is 2. The number of aryl methyl sites for hydroxylation is 1. The zero-order valence-corrected chi connectivity index (χ0v) is 15.1. The number of nitriles is 1. The van der Waals surface area contributed by atoms with E-state index in [0.29, 0.717) is 21.9 Å². The summed E-state index contributed by atoms with van der Waals surface area (Å²) in [5.41, 5.74) is 4.37. The number of halogens is 2. The van der Waals surface area contributed by atoms with Gasteiger partial charge in [-0.2, -0.15) is 10.4 Å². The Balaban J connectivity index is 2.10. The van der Waals surface area contributed by atoms with Crippen molar-refractivity contribution in [2.45, 2.75) is 6.92 Å². The smallest absolute Gasteiger partial charge is 0.271 e. The Bertz CT molecular complexity index is 831. The molecular weight excluding hydrogens is 394 g/mol. The van der Waals surface area contributed by atoms with Crippen LogP contribution in [0.1, 0.15) is 21.5 Å². The zero-order valence-electron chi connectivity index (χ0n) is 12.7. The number of hydrogen-bond donors (Lipinski definition) is 1. The molecule has 0 spiro atoms. The number of hydrazone groups is 1. The molecule has 0 bridgehead atoms. The fourth-order valence-electron chi connectivity index (χ4n) is 1.82. The molecule has 0 aromatic heterocycles. The normalized spacial score (nSPS) is 10.4. The topological polar surface area (TPSA) is 74.5 Å². The molecule has 2 aromatic rings. The molecule has 2 aromatic carbocycles. The van der Waals surface area contributed by atoms with Crippen LogP contribution in [0, 0.1) is 18.3 Å². The number of ether oxygens (including phenoxy) is 1. The quantitative estimate of drug-likeness (QED) is 0.600. The van der Waals surface area contributed by atoms with Crippen LogP contribution in [0.5, 0.6) is 5.75 Å². The van der Waals surface area contributed by atoms with Gasteiger partial charge in [-0.15, -0.1) is 0 Å². The largest absolute Gasteiger partial charge is 0.478 e. The molecule has 0 atom stereocenters. The fourth-order valence-corrected chi connectivity index (χ4v) is 2.38. The molecule has 0 unspecified atom stereocenters. The highest BCUT2D eigenvalue weighted by atomic mass is 79.9. The summed E-state index contributed by atoms with van der Waals surface area (Å²) in [5, 5.41) is 13.1. The predicted molar refractivity (Wildman–Crippen MR) is 96.5 cm³/mol. The summed E-state index contributed by atoms with van der Waals surface area (Å²) >= 11 is 9.36. The lowest BCUT2D eigenvalue weighted by molar-refractivity contribution is 0.0955. The first kappa shape index (κ1) is 18.0. The third-order valence-corrected chi connectivity index (χ3v) is 3.97. The SMILES string of the molecule is Cc1ccc(C(=O)N/N=C\c2cc(Br)ccc2OCC#N)cc1Cl. The van der Waals surface area contributed by atoms with E-state index in [1.807, 2.05) is 13.0 Å². The van der Waals surface area contributed by atoms with Crippen molar-refractivity contribution in [3.63, 3.8) is 0 Å². The second-order valence-electron chi connectivity index (χ2n) is 4.79. The van der Waals surface area contributed by atoms with Gasteiger partial charge >= 0.3 is 0 Å². The van der Waals surface area contributed by atoms with Gasteiger partial charge in [-0.05, 0) is 42.8 Å². The summed E-state index contributed by atoms with van der Waals surface area (Å²) in [5.74, 6) is 0.124. The monoisotopic (exact) mass is 405 g/mol. The Labute approximate surface area is 153 Å².